The molecule has 0 aromatic carbocycles. The Labute approximate surface area is 128 Å². The quantitative estimate of drug-likeness (QED) is 0.743. The maximum absolute atomic E-state index is 12.4. The number of hydrogen-bond donors (Lipinski definition) is 3. The highest BCUT2D eigenvalue weighted by Gasteiger charge is 2.37. The Hall–Kier alpha value is -0.610. The fourth-order valence-corrected chi connectivity index (χ4v) is 4.62. The number of nitrogens with one attached hydrogen (secondary N) is 2. The molecule has 1 aliphatic heterocycles. The molecule has 2 saturated carbocycles. The van der Waals surface area contributed by atoms with E-state index in [0.717, 1.165) is 25.2 Å². The number of aliphatic hydroxyl groups is 1. The third-order valence-corrected chi connectivity index (χ3v) is 6.10. The second kappa shape index (κ2) is 6.66. The number of carbonyl (C=O) groups is 1. The van der Waals surface area contributed by atoms with Gasteiger partial charge in [0.25, 0.3) is 0 Å². The standard InChI is InChI=1S/C17H30N2O2/c20-12-17(9-3-4-10-17)11-18-16(21)15-8-7-13-5-1-2-6-14(13)19-15/h13-15,19-20H,1-12H2,(H,18,21). The number of amides is 1. The largest absolute Gasteiger partial charge is 0.396 e. The molecule has 1 amide bonds. The zero-order valence-corrected chi connectivity index (χ0v) is 13.1. The van der Waals surface area contributed by atoms with E-state index in [1.807, 2.05) is 0 Å². The molecule has 0 bridgehead atoms. The lowest BCUT2D eigenvalue weighted by molar-refractivity contribution is -0.125. The van der Waals surface area contributed by atoms with Crippen molar-refractivity contribution < 1.29 is 9.90 Å². The Morgan fingerprint density at radius 3 is 2.62 bits per heavy atom. The van der Waals surface area contributed by atoms with E-state index >= 15 is 0 Å². The maximum atomic E-state index is 12.4. The van der Waals surface area contributed by atoms with Crippen molar-refractivity contribution in [1.29, 1.82) is 0 Å². The van der Waals surface area contributed by atoms with E-state index in [9.17, 15) is 9.90 Å². The highest BCUT2D eigenvalue weighted by atomic mass is 16.3. The Bertz CT molecular complexity index is 366. The van der Waals surface area contributed by atoms with Gasteiger partial charge in [-0.3, -0.25) is 4.79 Å². The predicted molar refractivity (Wildman–Crippen MR) is 82.9 cm³/mol. The van der Waals surface area contributed by atoms with E-state index < -0.39 is 0 Å². The first kappa shape index (κ1) is 15.3. The zero-order chi connectivity index (χ0) is 14.7. The summed E-state index contributed by atoms with van der Waals surface area (Å²) in [6.45, 7) is 0.852. The lowest BCUT2D eigenvalue weighted by Crippen LogP contribution is -2.56. The summed E-state index contributed by atoms with van der Waals surface area (Å²) in [6, 6.07) is 0.544. The number of fused-ring (bicyclic) bond motifs is 1. The number of piperidine rings is 1. The molecule has 3 rings (SSSR count). The van der Waals surface area contributed by atoms with E-state index in [1.54, 1.807) is 0 Å². The van der Waals surface area contributed by atoms with Crippen LogP contribution < -0.4 is 10.6 Å². The van der Waals surface area contributed by atoms with Crippen LogP contribution in [0.3, 0.4) is 0 Å². The summed E-state index contributed by atoms with van der Waals surface area (Å²) in [6.07, 6.45) is 11.9. The van der Waals surface area contributed by atoms with E-state index in [1.165, 1.54) is 44.9 Å². The van der Waals surface area contributed by atoms with Gasteiger partial charge in [0.2, 0.25) is 5.91 Å². The lowest BCUT2D eigenvalue weighted by Gasteiger charge is -2.40. The first-order valence-corrected chi connectivity index (χ1v) is 8.87. The fourth-order valence-electron chi connectivity index (χ4n) is 4.62. The van der Waals surface area contributed by atoms with Gasteiger partial charge in [0.1, 0.15) is 0 Å². The number of hydrogen-bond acceptors (Lipinski definition) is 3. The van der Waals surface area contributed by atoms with Crippen molar-refractivity contribution in [3.8, 4) is 0 Å². The molecule has 1 heterocycles. The topological polar surface area (TPSA) is 61.4 Å². The maximum Gasteiger partial charge on any atom is 0.237 e. The number of aliphatic hydroxyl groups excluding tert-OH is 1. The number of rotatable bonds is 4. The minimum atomic E-state index is -0.0439. The summed E-state index contributed by atoms with van der Waals surface area (Å²) in [4.78, 5) is 12.4. The Balaban J connectivity index is 1.49. The van der Waals surface area contributed by atoms with Gasteiger partial charge >= 0.3 is 0 Å². The van der Waals surface area contributed by atoms with Crippen LogP contribution in [0.15, 0.2) is 0 Å². The normalized spacial score (nSPS) is 35.2. The molecule has 3 aliphatic rings. The smallest absolute Gasteiger partial charge is 0.237 e. The second-order valence-electron chi connectivity index (χ2n) is 7.53. The average molecular weight is 294 g/mol. The Morgan fingerprint density at radius 2 is 1.86 bits per heavy atom. The van der Waals surface area contributed by atoms with Crippen molar-refractivity contribution in [2.45, 2.75) is 76.3 Å². The fraction of sp³-hybridized carbons (Fsp3) is 0.941. The van der Waals surface area contributed by atoms with Crippen molar-refractivity contribution in [1.82, 2.24) is 10.6 Å². The van der Waals surface area contributed by atoms with Gasteiger partial charge in [-0.05, 0) is 44.4 Å². The van der Waals surface area contributed by atoms with Gasteiger partial charge in [0.15, 0.2) is 0 Å². The van der Waals surface area contributed by atoms with Crippen LogP contribution in [0.1, 0.15) is 64.2 Å². The van der Waals surface area contributed by atoms with Crippen LogP contribution in [-0.4, -0.2) is 36.2 Å². The minimum Gasteiger partial charge on any atom is -0.396 e. The Kier molecular flexibility index (Phi) is 4.85. The van der Waals surface area contributed by atoms with Gasteiger partial charge in [-0.2, -0.15) is 0 Å². The molecule has 21 heavy (non-hydrogen) atoms. The monoisotopic (exact) mass is 294 g/mol. The van der Waals surface area contributed by atoms with Crippen LogP contribution in [0.5, 0.6) is 0 Å². The molecule has 3 fully saturated rings. The Morgan fingerprint density at radius 1 is 1.10 bits per heavy atom. The van der Waals surface area contributed by atoms with E-state index in [4.69, 9.17) is 0 Å². The second-order valence-corrected chi connectivity index (χ2v) is 7.53. The van der Waals surface area contributed by atoms with Crippen LogP contribution in [0.25, 0.3) is 0 Å². The molecule has 120 valence electrons. The predicted octanol–water partition coefficient (Wildman–Crippen LogP) is 1.97. The first-order chi connectivity index (χ1) is 10.2. The SMILES string of the molecule is O=C(NCC1(CO)CCCC1)C1CCC2CCCCC2N1. The summed E-state index contributed by atoms with van der Waals surface area (Å²) >= 11 is 0. The molecule has 3 atom stereocenters. The summed E-state index contributed by atoms with van der Waals surface area (Å²) in [5.41, 5.74) is -0.0439. The summed E-state index contributed by atoms with van der Waals surface area (Å²) in [7, 11) is 0. The van der Waals surface area contributed by atoms with Gasteiger partial charge in [0, 0.05) is 18.0 Å². The van der Waals surface area contributed by atoms with Gasteiger partial charge < -0.3 is 15.7 Å². The van der Waals surface area contributed by atoms with Crippen LogP contribution in [0, 0.1) is 11.3 Å². The molecule has 1 saturated heterocycles. The summed E-state index contributed by atoms with van der Waals surface area (Å²) in [5, 5.41) is 16.3. The van der Waals surface area contributed by atoms with Crippen molar-refractivity contribution in [3.05, 3.63) is 0 Å². The van der Waals surface area contributed by atoms with E-state index in [-0.39, 0.29) is 24.0 Å². The third kappa shape index (κ3) is 3.42. The molecule has 4 nitrogen and oxygen atoms in total. The average Bonchev–Trinajstić information content (AvgIpc) is 3.01. The van der Waals surface area contributed by atoms with Crippen LogP contribution in [-0.2, 0) is 4.79 Å². The first-order valence-electron chi connectivity index (χ1n) is 8.87. The summed E-state index contributed by atoms with van der Waals surface area (Å²) < 4.78 is 0. The third-order valence-electron chi connectivity index (χ3n) is 6.10. The highest BCUT2D eigenvalue weighted by Crippen LogP contribution is 2.37. The number of carbonyl (C=O) groups excluding carboxylic acids is 1. The highest BCUT2D eigenvalue weighted by molar-refractivity contribution is 5.81. The molecule has 0 spiro atoms. The van der Waals surface area contributed by atoms with Crippen LogP contribution >= 0.6 is 0 Å². The van der Waals surface area contributed by atoms with Gasteiger partial charge in [0.05, 0.1) is 12.6 Å². The van der Waals surface area contributed by atoms with Gasteiger partial charge in [-0.15, -0.1) is 0 Å². The molecule has 4 heteroatoms. The van der Waals surface area contributed by atoms with Crippen molar-refractivity contribution in [2.75, 3.05) is 13.2 Å². The lowest BCUT2D eigenvalue weighted by atomic mass is 9.77. The molecule has 0 aromatic heterocycles. The van der Waals surface area contributed by atoms with E-state index in [2.05, 4.69) is 10.6 Å². The molecular weight excluding hydrogens is 264 g/mol. The summed E-state index contributed by atoms with van der Waals surface area (Å²) in [5.74, 6) is 0.945. The van der Waals surface area contributed by atoms with E-state index in [0.29, 0.717) is 12.6 Å². The molecule has 3 N–H and O–H groups in total. The zero-order valence-electron chi connectivity index (χ0n) is 13.1. The van der Waals surface area contributed by atoms with Crippen molar-refractivity contribution in [3.63, 3.8) is 0 Å². The van der Waals surface area contributed by atoms with Crippen LogP contribution in [0.2, 0.25) is 0 Å². The molecule has 3 unspecified atom stereocenters. The van der Waals surface area contributed by atoms with Gasteiger partial charge in [-0.25, -0.2) is 0 Å². The van der Waals surface area contributed by atoms with Crippen molar-refractivity contribution in [2.24, 2.45) is 11.3 Å². The molecular formula is C17H30N2O2. The molecule has 2 aliphatic carbocycles. The van der Waals surface area contributed by atoms with Gasteiger partial charge in [-0.1, -0.05) is 25.7 Å². The van der Waals surface area contributed by atoms with Crippen LogP contribution in [0.4, 0.5) is 0 Å². The molecule has 0 radical (unpaired) electrons. The molecule has 0 aromatic rings. The minimum absolute atomic E-state index is 0.0125. The van der Waals surface area contributed by atoms with Crippen molar-refractivity contribution >= 4 is 5.91 Å².